The van der Waals surface area contributed by atoms with Crippen LogP contribution in [0.4, 0.5) is 0 Å². The molecule has 0 radical (unpaired) electrons. The van der Waals surface area contributed by atoms with E-state index in [0.717, 1.165) is 35.0 Å². The fraction of sp³-hybridized carbons (Fsp3) is 0.367. The van der Waals surface area contributed by atoms with Gasteiger partial charge >= 0.3 is 0 Å². The van der Waals surface area contributed by atoms with Crippen LogP contribution in [0.2, 0.25) is 0 Å². The molecule has 1 aromatic carbocycles. The highest BCUT2D eigenvalue weighted by atomic mass is 16.5. The average molecular weight is 522 g/mol. The van der Waals surface area contributed by atoms with Gasteiger partial charge in [0.2, 0.25) is 5.91 Å². The minimum absolute atomic E-state index is 0.0454. The van der Waals surface area contributed by atoms with Gasteiger partial charge in [-0.25, -0.2) is 9.97 Å². The molecule has 0 aliphatic carbocycles. The molecular weight excluding hydrogens is 490 g/mol. The Hall–Kier alpha value is -4.29. The van der Waals surface area contributed by atoms with Crippen molar-refractivity contribution in [3.05, 3.63) is 66.0 Å². The van der Waals surface area contributed by atoms with Crippen LogP contribution in [-0.2, 0) is 23.2 Å². The highest BCUT2D eigenvalue weighted by Crippen LogP contribution is 2.42. The first-order valence-corrected chi connectivity index (χ1v) is 13.5. The Balaban J connectivity index is 1.36. The zero-order valence-electron chi connectivity index (χ0n) is 22.4. The second-order valence-electron chi connectivity index (χ2n) is 10.3. The lowest BCUT2D eigenvalue weighted by molar-refractivity contribution is -0.0667. The molecule has 0 saturated carbocycles. The fourth-order valence-corrected chi connectivity index (χ4v) is 5.88. The highest BCUT2D eigenvalue weighted by Gasteiger charge is 2.41. The second kappa shape index (κ2) is 9.79. The summed E-state index contributed by atoms with van der Waals surface area (Å²) in [7, 11) is 0. The Morgan fingerprint density at radius 3 is 2.92 bits per heavy atom. The molecule has 5 heterocycles. The lowest BCUT2D eigenvalue weighted by Gasteiger charge is -2.36. The normalized spacial score (nSPS) is 17.8. The summed E-state index contributed by atoms with van der Waals surface area (Å²) in [6.45, 7) is 6.76. The topological polar surface area (TPSA) is 114 Å². The number of carbonyl (C=O) groups excluding carboxylic acids is 1. The first-order chi connectivity index (χ1) is 19.0. The summed E-state index contributed by atoms with van der Waals surface area (Å²) in [5, 5.41) is 15.4. The Kier molecular flexibility index (Phi) is 6.28. The van der Waals surface area contributed by atoms with Crippen LogP contribution in [-0.4, -0.2) is 41.8 Å². The fourth-order valence-electron chi connectivity index (χ4n) is 5.88. The minimum Gasteiger partial charge on any atom is -0.368 e. The first kappa shape index (κ1) is 25.0. The van der Waals surface area contributed by atoms with Gasteiger partial charge in [-0.2, -0.15) is 10.4 Å². The van der Waals surface area contributed by atoms with Crippen LogP contribution in [0.1, 0.15) is 67.7 Å². The van der Waals surface area contributed by atoms with Gasteiger partial charge in [-0.3, -0.25) is 14.0 Å². The standard InChI is InChI=1S/C30H31N7O2/c1-4-20-7-6-8-22-23-11-14-39-30(5-2,28(23)35-27(20)22)15-25(38)36-13-10-24-26(32-18-33-29(24)36)21-16-34-37(17-21)19(3)9-12-31/h6-8,10,13,16-19,35H,4-5,9,11,14-15H2,1-3H3/t19-,30?/m0/s1. The predicted octanol–water partition coefficient (Wildman–Crippen LogP) is 5.72. The number of fused-ring (bicyclic) bond motifs is 4. The first-order valence-electron chi connectivity index (χ1n) is 13.5. The minimum atomic E-state index is -0.737. The third-order valence-electron chi connectivity index (χ3n) is 8.07. The second-order valence-corrected chi connectivity index (χ2v) is 10.3. The van der Waals surface area contributed by atoms with Crippen molar-refractivity contribution in [2.45, 2.75) is 64.5 Å². The molecule has 5 aromatic rings. The van der Waals surface area contributed by atoms with E-state index >= 15 is 0 Å². The number of para-hydroxylation sites is 1. The van der Waals surface area contributed by atoms with E-state index in [1.165, 1.54) is 22.8 Å². The number of nitrogens with zero attached hydrogens (tertiary/aromatic N) is 6. The van der Waals surface area contributed by atoms with Crippen molar-refractivity contribution in [2.24, 2.45) is 0 Å². The summed E-state index contributed by atoms with van der Waals surface area (Å²) < 4.78 is 9.81. The van der Waals surface area contributed by atoms with E-state index in [-0.39, 0.29) is 18.4 Å². The molecule has 0 spiro atoms. The van der Waals surface area contributed by atoms with Crippen LogP contribution >= 0.6 is 0 Å². The third-order valence-corrected chi connectivity index (χ3v) is 8.07. The zero-order chi connectivity index (χ0) is 27.1. The Morgan fingerprint density at radius 2 is 2.13 bits per heavy atom. The van der Waals surface area contributed by atoms with Crippen LogP contribution in [0.3, 0.4) is 0 Å². The van der Waals surface area contributed by atoms with Gasteiger partial charge in [0.1, 0.15) is 11.9 Å². The molecule has 0 bridgehead atoms. The largest absolute Gasteiger partial charge is 0.368 e. The molecule has 1 N–H and O–H groups in total. The summed E-state index contributed by atoms with van der Waals surface area (Å²) in [4.78, 5) is 26.5. The lowest BCUT2D eigenvalue weighted by Crippen LogP contribution is -2.38. The molecule has 39 heavy (non-hydrogen) atoms. The molecule has 1 aliphatic heterocycles. The van der Waals surface area contributed by atoms with Crippen LogP contribution in [0.25, 0.3) is 33.2 Å². The molecule has 6 rings (SSSR count). The van der Waals surface area contributed by atoms with Gasteiger partial charge in [0.25, 0.3) is 0 Å². The van der Waals surface area contributed by atoms with E-state index in [2.05, 4.69) is 58.2 Å². The average Bonchev–Trinajstić information content (AvgIpc) is 3.70. The monoisotopic (exact) mass is 521 g/mol. The number of carbonyl (C=O) groups is 1. The van der Waals surface area contributed by atoms with Gasteiger partial charge in [-0.1, -0.05) is 32.0 Å². The molecule has 2 atom stereocenters. The van der Waals surface area contributed by atoms with E-state index in [4.69, 9.17) is 10.00 Å². The number of hydrogen-bond donors (Lipinski definition) is 1. The zero-order valence-corrected chi connectivity index (χ0v) is 22.4. The molecule has 1 aliphatic rings. The maximum absolute atomic E-state index is 13.9. The van der Waals surface area contributed by atoms with Gasteiger partial charge < -0.3 is 9.72 Å². The van der Waals surface area contributed by atoms with Gasteiger partial charge in [0.05, 0.1) is 49.1 Å². The van der Waals surface area contributed by atoms with Crippen molar-refractivity contribution in [1.29, 1.82) is 5.26 Å². The molecule has 9 nitrogen and oxygen atoms in total. The third kappa shape index (κ3) is 4.03. The summed E-state index contributed by atoms with van der Waals surface area (Å²) >= 11 is 0. The Bertz CT molecular complexity index is 1740. The van der Waals surface area contributed by atoms with Gasteiger partial charge in [0.15, 0.2) is 5.65 Å². The summed E-state index contributed by atoms with van der Waals surface area (Å²) in [6.07, 6.45) is 9.84. The lowest BCUT2D eigenvalue weighted by atomic mass is 9.86. The number of hydrogen-bond acceptors (Lipinski definition) is 6. The van der Waals surface area contributed by atoms with E-state index in [1.54, 1.807) is 21.6 Å². The van der Waals surface area contributed by atoms with E-state index in [9.17, 15) is 4.79 Å². The van der Waals surface area contributed by atoms with Gasteiger partial charge in [0, 0.05) is 34.2 Å². The van der Waals surface area contributed by atoms with Crippen molar-refractivity contribution in [1.82, 2.24) is 29.3 Å². The molecule has 198 valence electrons. The maximum atomic E-state index is 13.9. The summed E-state index contributed by atoms with van der Waals surface area (Å²) in [5.41, 5.74) is 6.02. The molecule has 4 aromatic heterocycles. The molecule has 0 amide bonds. The van der Waals surface area contributed by atoms with Crippen molar-refractivity contribution in [3.8, 4) is 17.3 Å². The smallest absolute Gasteiger partial charge is 0.235 e. The number of aromatic nitrogens is 6. The number of aryl methyl sites for hydroxylation is 1. The molecule has 9 heteroatoms. The van der Waals surface area contributed by atoms with Crippen molar-refractivity contribution >= 4 is 27.8 Å². The van der Waals surface area contributed by atoms with Crippen molar-refractivity contribution in [2.75, 3.05) is 6.61 Å². The number of nitriles is 1. The quantitative estimate of drug-likeness (QED) is 0.293. The predicted molar refractivity (Wildman–Crippen MR) is 148 cm³/mol. The summed E-state index contributed by atoms with van der Waals surface area (Å²) in [6, 6.07) is 10.4. The molecule has 1 unspecified atom stereocenters. The summed E-state index contributed by atoms with van der Waals surface area (Å²) in [5.74, 6) is -0.0861. The van der Waals surface area contributed by atoms with E-state index in [0.29, 0.717) is 30.8 Å². The van der Waals surface area contributed by atoms with Crippen molar-refractivity contribution in [3.63, 3.8) is 0 Å². The Labute approximate surface area is 226 Å². The SMILES string of the molecule is CCc1cccc2c3c([nH]c12)C(CC)(CC(=O)n1ccc2c(-c4cnn([C@@H](C)CC#N)c4)ncnc21)OCC3. The number of ether oxygens (including phenoxy) is 1. The van der Waals surface area contributed by atoms with E-state index < -0.39 is 5.60 Å². The Morgan fingerprint density at radius 1 is 1.26 bits per heavy atom. The molecule has 0 saturated heterocycles. The van der Waals surface area contributed by atoms with Crippen LogP contribution in [0.5, 0.6) is 0 Å². The number of nitrogens with one attached hydrogen (secondary N) is 1. The number of H-pyrrole nitrogens is 1. The highest BCUT2D eigenvalue weighted by molar-refractivity contribution is 5.97. The van der Waals surface area contributed by atoms with Gasteiger partial charge in [-0.05, 0) is 43.4 Å². The number of aromatic amines is 1. The van der Waals surface area contributed by atoms with E-state index in [1.807, 2.05) is 19.2 Å². The molecule has 0 fully saturated rings. The van der Waals surface area contributed by atoms with Crippen LogP contribution in [0, 0.1) is 11.3 Å². The van der Waals surface area contributed by atoms with Crippen LogP contribution < -0.4 is 0 Å². The van der Waals surface area contributed by atoms with Crippen LogP contribution in [0.15, 0.2) is 49.2 Å². The maximum Gasteiger partial charge on any atom is 0.235 e. The van der Waals surface area contributed by atoms with Crippen molar-refractivity contribution < 1.29 is 9.53 Å². The number of benzene rings is 1. The molecular formula is C30H31N7O2. The van der Waals surface area contributed by atoms with Gasteiger partial charge in [-0.15, -0.1) is 0 Å². The number of rotatable bonds is 7.